The van der Waals surface area contributed by atoms with Crippen LogP contribution in [0.1, 0.15) is 196 Å². The first kappa shape index (κ1) is 101. The molecule has 8 aliphatic carbocycles. The highest BCUT2D eigenvalue weighted by Crippen LogP contribution is 2.52. The van der Waals surface area contributed by atoms with Crippen LogP contribution in [0.3, 0.4) is 0 Å². The maximum atomic E-state index is 13.6. The predicted molar refractivity (Wildman–Crippen MR) is 548 cm³/mol. The number of alkyl carbamates (subject to hydrolysis) is 4. The van der Waals surface area contributed by atoms with Crippen molar-refractivity contribution in [3.8, 4) is 44.5 Å². The predicted octanol–water partition coefficient (Wildman–Crippen LogP) is 21.8. The van der Waals surface area contributed by atoms with E-state index in [4.69, 9.17) is 18.9 Å². The summed E-state index contributed by atoms with van der Waals surface area (Å²) in [4.78, 5) is 127. The maximum absolute atomic E-state index is 13.6. The topological polar surface area (TPSA) is 336 Å². The molecule has 20 rings (SSSR count). The Hall–Kier alpha value is -15.0. The number of benzene rings is 4. The molecule has 4 saturated carbocycles. The highest BCUT2D eigenvalue weighted by Gasteiger charge is 2.46. The quantitative estimate of drug-likeness (QED) is 0.0260. The molecule has 8 N–H and O–H groups in total. The van der Waals surface area contributed by atoms with E-state index < -0.39 is 0 Å². The highest BCUT2D eigenvalue weighted by molar-refractivity contribution is 5.71. The summed E-state index contributed by atoms with van der Waals surface area (Å²) in [6.07, 6.45) is 43.3. The minimum absolute atomic E-state index is 0.0306. The van der Waals surface area contributed by atoms with E-state index >= 15 is 0 Å². The van der Waals surface area contributed by atoms with Crippen LogP contribution in [0.2, 0.25) is 0 Å². The fourth-order valence-electron chi connectivity index (χ4n) is 23.2. The zero-order valence-corrected chi connectivity index (χ0v) is 81.0. The number of nitrogens with one attached hydrogen (secondary N) is 8. The Morgan fingerprint density at radius 3 is 1.05 bits per heavy atom. The molecule has 24 nitrogen and oxygen atoms in total. The largest absolute Gasteiger partial charge is 0.450 e. The first-order chi connectivity index (χ1) is 70.0. The SMILES string of the molecule is CCOC(=O)N[C@@H]1CC[C@@H]2[C@H](Cc3c(cc[nH]c3=O)[C@H]2/C=C/c2ccc(-c3cccc(F)c3)cn2)C1.CCOC(=O)N[C@@H]1CC[C@@H]2[C@H](Cc3c[nH]c(=O)cc3[C@H]2/C=C/c2ccc(-c3cccc(F)c3)cn2)C1.CCOC(=O)N[C@@H]1CC[C@@H]2[C@H](Cc3cc(=O)[nH]cc3[C@H]2/C=C/c2ccc(-c3cccc(F)c3)cn2)C1.CCOC(=O)N[C@@H]1CC[C@@H]2[C@H](Cc3cc[nH]c(=O)c3[C@H]2/C=C/c2ccc(-c3cccc(F)c3)cn2)C1. The molecular weight excluding hydrogens is 1830 g/mol. The van der Waals surface area contributed by atoms with Crippen molar-refractivity contribution in [3.63, 3.8) is 0 Å². The Balaban J connectivity index is 0.000000132. The molecular formula is C116H120F4N12O12. The normalized spacial score (nSPS) is 23.1. The third-order valence-corrected chi connectivity index (χ3v) is 29.7. The van der Waals surface area contributed by atoms with Gasteiger partial charge >= 0.3 is 24.4 Å². The third-order valence-electron chi connectivity index (χ3n) is 29.7. The number of H-pyrrole nitrogens is 4. The Morgan fingerprint density at radius 2 is 0.667 bits per heavy atom. The summed E-state index contributed by atoms with van der Waals surface area (Å²) in [7, 11) is 0. The van der Waals surface area contributed by atoms with Crippen molar-refractivity contribution in [2.45, 2.75) is 178 Å². The number of allylic oxidation sites excluding steroid dienone is 4. The van der Waals surface area contributed by atoms with E-state index in [1.165, 1.54) is 48.5 Å². The van der Waals surface area contributed by atoms with Crippen LogP contribution in [0.5, 0.6) is 0 Å². The number of carbonyl (C=O) groups excluding carboxylic acids is 4. The van der Waals surface area contributed by atoms with Gasteiger partial charge in [-0.25, -0.2) is 36.7 Å². The van der Waals surface area contributed by atoms with Crippen molar-refractivity contribution in [2.24, 2.45) is 47.3 Å². The summed E-state index contributed by atoms with van der Waals surface area (Å²) in [5.41, 5.74) is 17.8. The van der Waals surface area contributed by atoms with Crippen LogP contribution in [0, 0.1) is 70.6 Å². The van der Waals surface area contributed by atoms with E-state index in [-0.39, 0.29) is 118 Å². The molecule has 0 radical (unpaired) electrons. The second-order valence-corrected chi connectivity index (χ2v) is 38.5. The lowest BCUT2D eigenvalue weighted by molar-refractivity contribution is 0.128. The Morgan fingerprint density at radius 1 is 0.333 bits per heavy atom. The number of pyridine rings is 8. The van der Waals surface area contributed by atoms with Gasteiger partial charge in [-0.2, -0.15) is 0 Å². The van der Waals surface area contributed by atoms with Gasteiger partial charge in [0.05, 0.1) is 49.2 Å². The van der Waals surface area contributed by atoms with Crippen molar-refractivity contribution in [2.75, 3.05) is 26.4 Å². The number of ether oxygens (including phenoxy) is 4. The summed E-state index contributed by atoms with van der Waals surface area (Å²) < 4.78 is 74.6. The van der Waals surface area contributed by atoms with E-state index in [9.17, 15) is 55.9 Å². The van der Waals surface area contributed by atoms with Gasteiger partial charge in [-0.15, -0.1) is 0 Å². The molecule has 0 aliphatic heterocycles. The molecule has 0 saturated heterocycles. The molecule has 12 aromatic rings. The molecule has 8 heterocycles. The van der Waals surface area contributed by atoms with Gasteiger partial charge in [0.1, 0.15) is 23.3 Å². The lowest BCUT2D eigenvalue weighted by atomic mass is 9.62. The van der Waals surface area contributed by atoms with Gasteiger partial charge < -0.3 is 60.2 Å². The summed E-state index contributed by atoms with van der Waals surface area (Å²) >= 11 is 0. The lowest BCUT2D eigenvalue weighted by Gasteiger charge is -2.44. The summed E-state index contributed by atoms with van der Waals surface area (Å²) in [6.45, 7) is 8.60. The average Bonchev–Trinajstić information content (AvgIpc) is 0.773. The average molecular weight is 1950 g/mol. The lowest BCUT2D eigenvalue weighted by Crippen LogP contribution is -2.45. The molecule has 4 fully saturated rings. The van der Waals surface area contributed by atoms with Crippen LogP contribution < -0.4 is 43.5 Å². The summed E-state index contributed by atoms with van der Waals surface area (Å²) in [5.74, 6) is 2.07. The second-order valence-electron chi connectivity index (χ2n) is 38.5. The number of fused-ring (bicyclic) bond motifs is 8. The number of hydrogen-bond acceptors (Lipinski definition) is 16. The Bertz CT molecular complexity index is 6770. The van der Waals surface area contributed by atoms with Gasteiger partial charge in [0, 0.05) is 143 Å². The van der Waals surface area contributed by atoms with Gasteiger partial charge in [0.15, 0.2) is 0 Å². The molecule has 16 atom stereocenters. The molecule has 144 heavy (non-hydrogen) atoms. The van der Waals surface area contributed by atoms with Crippen LogP contribution in [0.25, 0.3) is 68.8 Å². The van der Waals surface area contributed by atoms with Crippen molar-refractivity contribution in [1.82, 2.24) is 61.1 Å². The van der Waals surface area contributed by atoms with Crippen molar-refractivity contribution < 1.29 is 55.7 Å². The van der Waals surface area contributed by atoms with Crippen molar-refractivity contribution in [1.29, 1.82) is 0 Å². The summed E-state index contributed by atoms with van der Waals surface area (Å²) in [6, 6.07) is 49.1. The second kappa shape index (κ2) is 47.3. The molecule has 0 bridgehead atoms. The van der Waals surface area contributed by atoms with Crippen LogP contribution in [-0.4, -0.2) is 115 Å². The first-order valence-electron chi connectivity index (χ1n) is 50.2. The number of halogens is 4. The third kappa shape index (κ3) is 25.2. The number of carbonyl (C=O) groups is 4. The molecule has 4 amide bonds. The van der Waals surface area contributed by atoms with Crippen molar-refractivity contribution >= 4 is 48.7 Å². The van der Waals surface area contributed by atoms with Gasteiger partial charge in [-0.1, -0.05) is 97.1 Å². The number of amides is 4. The van der Waals surface area contributed by atoms with E-state index in [1.54, 1.807) is 101 Å². The Kier molecular flexibility index (Phi) is 33.0. The van der Waals surface area contributed by atoms with Gasteiger partial charge in [-0.05, 0) is 343 Å². The number of hydrogen-bond donors (Lipinski definition) is 8. The zero-order chi connectivity index (χ0) is 100. The van der Waals surface area contributed by atoms with Gasteiger partial charge in [0.25, 0.3) is 11.1 Å². The zero-order valence-electron chi connectivity index (χ0n) is 81.0. The minimum Gasteiger partial charge on any atom is -0.450 e. The molecule has 744 valence electrons. The van der Waals surface area contributed by atoms with Crippen LogP contribution in [0.15, 0.2) is 263 Å². The molecule has 0 unspecified atom stereocenters. The van der Waals surface area contributed by atoms with Gasteiger partial charge in [-0.3, -0.25) is 39.1 Å². The first-order valence-corrected chi connectivity index (χ1v) is 50.2. The fourth-order valence-corrected chi connectivity index (χ4v) is 23.2. The van der Waals surface area contributed by atoms with E-state index in [2.05, 4.69) is 85.4 Å². The van der Waals surface area contributed by atoms with Crippen molar-refractivity contribution in [3.05, 3.63) is 376 Å². The molecule has 0 spiro atoms. The number of nitrogens with zero attached hydrogens (tertiary/aromatic N) is 4. The Labute approximate surface area is 833 Å². The molecule has 8 aromatic heterocycles. The van der Waals surface area contributed by atoms with Gasteiger partial charge in [0.2, 0.25) is 11.1 Å². The van der Waals surface area contributed by atoms with Crippen LogP contribution in [-0.2, 0) is 44.6 Å². The molecule has 28 heteroatoms. The standard InChI is InChI=1S/4C29H30FN3O3/c1-2-36-29(35)33-24-9-10-25-20(14-24)12-21-17-32-28(34)15-27(21)26(25)11-8-23-7-6-19(16-31-23)18-4-3-5-22(30)13-18;1-2-36-29(35)33-24-9-10-25-20(14-24)12-21-15-28(34)32-17-27(21)26(25)11-8-23-7-6-19(16-31-23)18-4-3-5-22(30)13-18;1-2-36-29(35)33-24-9-10-25-21(16-24)14-19-12-13-31-28(34)27(19)26(25)11-8-23-7-6-20(17-32-23)18-4-3-5-22(30)15-18;1-2-36-29(35)33-23-9-10-24-20(15-23)16-27-26(12-13-31-28(27)34)25(24)11-8-22-7-6-19(17-32-22)18-4-3-5-21(30)14-18/h2*3-8,11,13,15-17,20,24-26H,2,9-10,12,14H2,1H3,(H,32,34)(H,33,35);3-8,11-13,15,17,21,24-26H,2,9-10,14,16H2,1H3,(H,31,34)(H,33,35);3-8,11-14,17,20,23-25H,2,9-10,15-16H2,1H3,(H,31,34)(H,33,35)/b4*11-8+/t2*20-,24-,25-,26+;21-,24-,25-,26+;20-,23+,24+,25-/m1110/s1. The van der Waals surface area contributed by atoms with Crippen LogP contribution in [0.4, 0.5) is 36.7 Å². The van der Waals surface area contributed by atoms with E-state index in [0.717, 1.165) is 208 Å². The highest BCUT2D eigenvalue weighted by atomic mass is 19.1. The summed E-state index contributed by atoms with van der Waals surface area (Å²) in [5, 5.41) is 12.0. The number of rotatable bonds is 20. The smallest absolute Gasteiger partial charge is 0.407 e. The van der Waals surface area contributed by atoms with E-state index in [1.807, 2.05) is 122 Å². The number of aromatic nitrogens is 8. The minimum atomic E-state index is -0.376. The fraction of sp³-hybridized carbons (Fsp3) is 0.345. The molecule has 4 aromatic carbocycles. The maximum Gasteiger partial charge on any atom is 0.407 e. The van der Waals surface area contributed by atoms with E-state index in [0.29, 0.717) is 80.2 Å². The monoisotopic (exact) mass is 1950 g/mol. The number of aromatic amines is 4. The van der Waals surface area contributed by atoms with Crippen LogP contribution >= 0.6 is 0 Å². The molecule has 8 aliphatic rings.